The average molecular weight is 285 g/mol. The Morgan fingerprint density at radius 2 is 1.90 bits per heavy atom. The van der Waals surface area contributed by atoms with Crippen molar-refractivity contribution in [3.63, 3.8) is 0 Å². The number of morpholine rings is 1. The van der Waals surface area contributed by atoms with Gasteiger partial charge < -0.3 is 15.8 Å². The fraction of sp³-hybridized carbons (Fsp3) is 0.933. The zero-order valence-electron chi connectivity index (χ0n) is 13.4. The minimum Gasteiger partial charge on any atom is -0.373 e. The SMILES string of the molecule is CC1CN(CCCCNC(=O)[C@@H](N)C(C)C)CC(C)O1. The molecule has 3 N–H and O–H groups in total. The summed E-state index contributed by atoms with van der Waals surface area (Å²) in [7, 11) is 0. The van der Waals surface area contributed by atoms with Gasteiger partial charge in [-0.2, -0.15) is 0 Å². The molecule has 0 spiro atoms. The van der Waals surface area contributed by atoms with E-state index in [1.807, 2.05) is 13.8 Å². The number of nitrogens with one attached hydrogen (secondary N) is 1. The van der Waals surface area contributed by atoms with E-state index in [0.717, 1.165) is 32.5 Å². The lowest BCUT2D eigenvalue weighted by molar-refractivity contribution is -0.123. The highest BCUT2D eigenvalue weighted by Gasteiger charge is 2.21. The highest BCUT2D eigenvalue weighted by atomic mass is 16.5. The van der Waals surface area contributed by atoms with Crippen LogP contribution in [0.25, 0.3) is 0 Å². The second kappa shape index (κ2) is 8.60. The summed E-state index contributed by atoms with van der Waals surface area (Å²) in [6, 6.07) is -0.393. The van der Waals surface area contributed by atoms with Crippen molar-refractivity contribution in [1.29, 1.82) is 0 Å². The van der Waals surface area contributed by atoms with E-state index in [1.54, 1.807) is 0 Å². The first-order chi connectivity index (χ1) is 9.40. The standard InChI is InChI=1S/C15H31N3O2/c1-11(2)14(16)15(19)17-7-5-6-8-18-9-12(3)20-13(4)10-18/h11-14H,5-10,16H2,1-4H3,(H,17,19)/t12?,13?,14-/m0/s1. The van der Waals surface area contributed by atoms with E-state index in [2.05, 4.69) is 24.1 Å². The Balaban J connectivity index is 2.09. The Morgan fingerprint density at radius 3 is 2.45 bits per heavy atom. The zero-order chi connectivity index (χ0) is 15.1. The quantitative estimate of drug-likeness (QED) is 0.684. The molecule has 3 atom stereocenters. The second-order valence-corrected chi connectivity index (χ2v) is 6.28. The van der Waals surface area contributed by atoms with Gasteiger partial charge >= 0.3 is 0 Å². The Hall–Kier alpha value is -0.650. The molecule has 0 saturated carbocycles. The molecule has 1 heterocycles. The third-order valence-corrected chi connectivity index (χ3v) is 3.72. The lowest BCUT2D eigenvalue weighted by atomic mass is 10.1. The zero-order valence-corrected chi connectivity index (χ0v) is 13.4. The number of hydrogen-bond acceptors (Lipinski definition) is 4. The molecule has 2 unspecified atom stereocenters. The van der Waals surface area contributed by atoms with Crippen LogP contribution in [0.4, 0.5) is 0 Å². The maximum absolute atomic E-state index is 11.7. The van der Waals surface area contributed by atoms with Gasteiger partial charge in [0.1, 0.15) is 0 Å². The Bertz CT molecular complexity index is 287. The molecule has 1 amide bonds. The average Bonchev–Trinajstić information content (AvgIpc) is 2.35. The predicted octanol–water partition coefficient (Wildman–Crippen LogP) is 0.975. The number of unbranched alkanes of at least 4 members (excludes halogenated alkanes) is 1. The number of amides is 1. The molecule has 0 aromatic carbocycles. The maximum Gasteiger partial charge on any atom is 0.237 e. The second-order valence-electron chi connectivity index (χ2n) is 6.28. The van der Waals surface area contributed by atoms with Crippen molar-refractivity contribution in [3.05, 3.63) is 0 Å². The lowest BCUT2D eigenvalue weighted by Crippen LogP contribution is -2.46. The van der Waals surface area contributed by atoms with Crippen LogP contribution in [0, 0.1) is 5.92 Å². The van der Waals surface area contributed by atoms with Crippen molar-refractivity contribution in [2.75, 3.05) is 26.2 Å². The van der Waals surface area contributed by atoms with Gasteiger partial charge in [-0.15, -0.1) is 0 Å². The molecule has 20 heavy (non-hydrogen) atoms. The van der Waals surface area contributed by atoms with E-state index in [1.165, 1.54) is 0 Å². The summed E-state index contributed by atoms with van der Waals surface area (Å²) >= 11 is 0. The van der Waals surface area contributed by atoms with Crippen molar-refractivity contribution in [2.45, 2.75) is 58.8 Å². The first-order valence-electron chi connectivity index (χ1n) is 7.81. The Labute approximate surface area is 123 Å². The molecule has 118 valence electrons. The van der Waals surface area contributed by atoms with Crippen LogP contribution >= 0.6 is 0 Å². The number of nitrogens with zero attached hydrogens (tertiary/aromatic N) is 1. The van der Waals surface area contributed by atoms with Crippen LogP contribution in [0.3, 0.4) is 0 Å². The normalized spacial score (nSPS) is 25.7. The van der Waals surface area contributed by atoms with Gasteiger partial charge in [0.25, 0.3) is 0 Å². The minimum atomic E-state index is -0.393. The number of hydrogen-bond donors (Lipinski definition) is 2. The third-order valence-electron chi connectivity index (χ3n) is 3.72. The van der Waals surface area contributed by atoms with Crippen LogP contribution in [-0.2, 0) is 9.53 Å². The van der Waals surface area contributed by atoms with Gasteiger partial charge in [-0.3, -0.25) is 9.69 Å². The summed E-state index contributed by atoms with van der Waals surface area (Å²) < 4.78 is 5.71. The molecule has 1 saturated heterocycles. The first kappa shape index (κ1) is 17.4. The number of ether oxygens (including phenoxy) is 1. The molecule has 0 radical (unpaired) electrons. The lowest BCUT2D eigenvalue weighted by Gasteiger charge is -2.35. The molecule has 5 heteroatoms. The minimum absolute atomic E-state index is 0.0337. The molecule has 0 bridgehead atoms. The van der Waals surface area contributed by atoms with E-state index < -0.39 is 6.04 Å². The van der Waals surface area contributed by atoms with Crippen LogP contribution in [0.1, 0.15) is 40.5 Å². The van der Waals surface area contributed by atoms with Gasteiger partial charge in [0.05, 0.1) is 18.2 Å². The summed E-state index contributed by atoms with van der Waals surface area (Å²) in [5, 5.41) is 2.91. The molecule has 0 aromatic heterocycles. The summed E-state index contributed by atoms with van der Waals surface area (Å²) in [5.74, 6) is 0.153. The fourth-order valence-corrected chi connectivity index (χ4v) is 2.56. The van der Waals surface area contributed by atoms with Gasteiger partial charge in [-0.1, -0.05) is 13.8 Å². The van der Waals surface area contributed by atoms with E-state index in [4.69, 9.17) is 10.5 Å². The predicted molar refractivity (Wildman–Crippen MR) is 81.5 cm³/mol. The number of rotatable bonds is 7. The van der Waals surface area contributed by atoms with Gasteiger partial charge in [-0.25, -0.2) is 0 Å². The fourth-order valence-electron chi connectivity index (χ4n) is 2.56. The first-order valence-corrected chi connectivity index (χ1v) is 7.81. The van der Waals surface area contributed by atoms with Gasteiger partial charge in [0, 0.05) is 19.6 Å². The van der Waals surface area contributed by atoms with E-state index in [0.29, 0.717) is 18.8 Å². The topological polar surface area (TPSA) is 67.6 Å². The number of carbonyl (C=O) groups is 1. The van der Waals surface area contributed by atoms with Gasteiger partial charge in [0.15, 0.2) is 0 Å². The summed E-state index contributed by atoms with van der Waals surface area (Å²) in [6.45, 7) is 12.0. The van der Waals surface area contributed by atoms with E-state index in [9.17, 15) is 4.79 Å². The molecule has 1 aliphatic heterocycles. The van der Waals surface area contributed by atoms with E-state index in [-0.39, 0.29) is 11.8 Å². The summed E-state index contributed by atoms with van der Waals surface area (Å²) in [6.07, 6.45) is 2.73. The van der Waals surface area contributed by atoms with Crippen LogP contribution in [-0.4, -0.2) is 55.2 Å². The van der Waals surface area contributed by atoms with Crippen molar-refractivity contribution < 1.29 is 9.53 Å². The summed E-state index contributed by atoms with van der Waals surface area (Å²) in [5.41, 5.74) is 5.79. The van der Waals surface area contributed by atoms with Crippen molar-refractivity contribution >= 4 is 5.91 Å². The molecule has 5 nitrogen and oxygen atoms in total. The Morgan fingerprint density at radius 1 is 1.30 bits per heavy atom. The molecule has 1 aliphatic rings. The highest BCUT2D eigenvalue weighted by molar-refractivity contribution is 5.81. The van der Waals surface area contributed by atoms with Crippen molar-refractivity contribution in [1.82, 2.24) is 10.2 Å². The number of carbonyl (C=O) groups excluding carboxylic acids is 1. The van der Waals surface area contributed by atoms with E-state index >= 15 is 0 Å². The van der Waals surface area contributed by atoms with Crippen LogP contribution in [0.15, 0.2) is 0 Å². The smallest absolute Gasteiger partial charge is 0.237 e. The van der Waals surface area contributed by atoms with Crippen LogP contribution in [0.2, 0.25) is 0 Å². The molecule has 0 aromatic rings. The van der Waals surface area contributed by atoms with Crippen LogP contribution < -0.4 is 11.1 Å². The molecule has 1 rings (SSSR count). The highest BCUT2D eigenvalue weighted by Crippen LogP contribution is 2.11. The van der Waals surface area contributed by atoms with Gasteiger partial charge in [-0.05, 0) is 39.2 Å². The monoisotopic (exact) mass is 285 g/mol. The maximum atomic E-state index is 11.7. The summed E-state index contributed by atoms with van der Waals surface area (Å²) in [4.78, 5) is 14.1. The van der Waals surface area contributed by atoms with Crippen molar-refractivity contribution in [2.24, 2.45) is 11.7 Å². The van der Waals surface area contributed by atoms with Crippen LogP contribution in [0.5, 0.6) is 0 Å². The van der Waals surface area contributed by atoms with Gasteiger partial charge in [0.2, 0.25) is 5.91 Å². The van der Waals surface area contributed by atoms with Crippen molar-refractivity contribution in [3.8, 4) is 0 Å². The largest absolute Gasteiger partial charge is 0.373 e. The number of nitrogens with two attached hydrogens (primary N) is 1. The molecular weight excluding hydrogens is 254 g/mol. The Kier molecular flexibility index (Phi) is 7.48. The molecule has 0 aliphatic carbocycles. The third kappa shape index (κ3) is 6.20. The molecular formula is C15H31N3O2. The molecule has 1 fully saturated rings.